The summed E-state index contributed by atoms with van der Waals surface area (Å²) in [5.74, 6) is 2.41. The molecule has 19 heavy (non-hydrogen) atoms. The predicted octanol–water partition coefficient (Wildman–Crippen LogP) is 3.90. The molecule has 2 aromatic heterocycles. The summed E-state index contributed by atoms with van der Waals surface area (Å²) in [6, 6.07) is 0. The quantitative estimate of drug-likeness (QED) is 0.792. The number of aromatic nitrogens is 3. The van der Waals surface area contributed by atoms with Gasteiger partial charge < -0.3 is 5.32 Å². The van der Waals surface area contributed by atoms with Gasteiger partial charge in [0.05, 0.1) is 19.7 Å². The van der Waals surface area contributed by atoms with E-state index in [0.29, 0.717) is 5.92 Å². The molecule has 0 aromatic carbocycles. The minimum absolute atomic E-state index is 0.628. The van der Waals surface area contributed by atoms with E-state index in [9.17, 15) is 0 Å². The van der Waals surface area contributed by atoms with Crippen molar-refractivity contribution in [2.45, 2.75) is 32.1 Å². The standard InChI is InChI=1S/C13H15IN4S/c1-2-5-16-13-10(14)11(8-3-4-8)17-12(18-13)9-6-15-7-19-9/h6-8H,2-5H2,1H3,(H,16,17,18). The average molecular weight is 386 g/mol. The van der Waals surface area contributed by atoms with E-state index in [0.717, 1.165) is 29.5 Å². The zero-order valence-electron chi connectivity index (χ0n) is 10.7. The fourth-order valence-corrected chi connectivity index (χ4v) is 3.31. The van der Waals surface area contributed by atoms with Gasteiger partial charge in [-0.25, -0.2) is 9.97 Å². The Morgan fingerprint density at radius 1 is 1.42 bits per heavy atom. The molecular formula is C13H15IN4S. The van der Waals surface area contributed by atoms with Crippen LogP contribution in [-0.4, -0.2) is 21.5 Å². The molecule has 0 unspecified atom stereocenters. The molecule has 1 aliphatic rings. The van der Waals surface area contributed by atoms with E-state index in [1.54, 1.807) is 11.3 Å². The van der Waals surface area contributed by atoms with Gasteiger partial charge in [-0.15, -0.1) is 11.3 Å². The van der Waals surface area contributed by atoms with Crippen molar-refractivity contribution in [1.29, 1.82) is 0 Å². The molecule has 0 aliphatic heterocycles. The molecule has 100 valence electrons. The molecule has 1 fully saturated rings. The third-order valence-corrected chi connectivity index (χ3v) is 4.87. The van der Waals surface area contributed by atoms with Crippen molar-refractivity contribution in [3.8, 4) is 10.7 Å². The Morgan fingerprint density at radius 3 is 2.89 bits per heavy atom. The monoisotopic (exact) mass is 386 g/mol. The topological polar surface area (TPSA) is 50.7 Å². The molecular weight excluding hydrogens is 371 g/mol. The van der Waals surface area contributed by atoms with E-state index in [2.05, 4.69) is 44.8 Å². The summed E-state index contributed by atoms with van der Waals surface area (Å²) in [7, 11) is 0. The summed E-state index contributed by atoms with van der Waals surface area (Å²) in [5, 5.41) is 3.41. The average Bonchev–Trinajstić information content (AvgIpc) is 3.11. The van der Waals surface area contributed by atoms with Gasteiger partial charge in [0, 0.05) is 18.7 Å². The lowest BCUT2D eigenvalue weighted by atomic mass is 10.2. The van der Waals surface area contributed by atoms with Gasteiger partial charge >= 0.3 is 0 Å². The lowest BCUT2D eigenvalue weighted by Gasteiger charge is -2.11. The van der Waals surface area contributed by atoms with Crippen LogP contribution in [-0.2, 0) is 0 Å². The van der Waals surface area contributed by atoms with Crippen LogP contribution in [0.1, 0.15) is 37.8 Å². The van der Waals surface area contributed by atoms with Gasteiger partial charge in [-0.1, -0.05) is 6.92 Å². The largest absolute Gasteiger partial charge is 0.369 e. The van der Waals surface area contributed by atoms with E-state index in [-0.39, 0.29) is 0 Å². The van der Waals surface area contributed by atoms with Crippen LogP contribution >= 0.6 is 33.9 Å². The normalized spacial score (nSPS) is 14.6. The fraction of sp³-hybridized carbons (Fsp3) is 0.462. The molecule has 4 nitrogen and oxygen atoms in total. The van der Waals surface area contributed by atoms with E-state index >= 15 is 0 Å². The SMILES string of the molecule is CCCNc1nc(-c2cncs2)nc(C2CC2)c1I. The Labute approximate surface area is 130 Å². The highest BCUT2D eigenvalue weighted by molar-refractivity contribution is 14.1. The Morgan fingerprint density at radius 2 is 2.26 bits per heavy atom. The summed E-state index contributed by atoms with van der Waals surface area (Å²) in [4.78, 5) is 14.6. The number of nitrogens with one attached hydrogen (secondary N) is 1. The maximum Gasteiger partial charge on any atom is 0.173 e. The Hall–Kier alpha value is -0.760. The van der Waals surface area contributed by atoms with E-state index in [4.69, 9.17) is 4.98 Å². The molecule has 3 rings (SSSR count). The highest BCUT2D eigenvalue weighted by Gasteiger charge is 2.29. The Kier molecular flexibility index (Phi) is 3.97. The van der Waals surface area contributed by atoms with Crippen LogP contribution in [0.5, 0.6) is 0 Å². The van der Waals surface area contributed by atoms with Crippen LogP contribution in [0.25, 0.3) is 10.7 Å². The maximum absolute atomic E-state index is 4.76. The third-order valence-electron chi connectivity index (χ3n) is 3.04. The van der Waals surface area contributed by atoms with Crippen LogP contribution in [0.3, 0.4) is 0 Å². The smallest absolute Gasteiger partial charge is 0.173 e. The minimum Gasteiger partial charge on any atom is -0.369 e. The molecule has 1 saturated carbocycles. The van der Waals surface area contributed by atoms with Crippen LogP contribution in [0.15, 0.2) is 11.7 Å². The molecule has 0 saturated heterocycles. The van der Waals surface area contributed by atoms with E-state index < -0.39 is 0 Å². The summed E-state index contributed by atoms with van der Waals surface area (Å²) in [6.07, 6.45) is 5.44. The fourth-order valence-electron chi connectivity index (χ4n) is 1.89. The number of hydrogen-bond donors (Lipinski definition) is 1. The van der Waals surface area contributed by atoms with Gasteiger partial charge in [-0.3, -0.25) is 4.98 Å². The van der Waals surface area contributed by atoms with Crippen molar-refractivity contribution >= 4 is 39.7 Å². The Bertz CT molecular complexity index is 566. The second-order valence-corrected chi connectivity index (χ2v) is 6.63. The number of nitrogens with zero attached hydrogens (tertiary/aromatic N) is 3. The number of thiazole rings is 1. The maximum atomic E-state index is 4.76. The molecule has 0 bridgehead atoms. The molecule has 2 aromatic rings. The van der Waals surface area contributed by atoms with Crippen molar-refractivity contribution in [2.75, 3.05) is 11.9 Å². The number of hydrogen-bond acceptors (Lipinski definition) is 5. The van der Waals surface area contributed by atoms with Crippen molar-refractivity contribution in [3.63, 3.8) is 0 Å². The first kappa shape index (κ1) is 13.2. The van der Waals surface area contributed by atoms with Gasteiger partial charge in [0.15, 0.2) is 5.82 Å². The summed E-state index contributed by atoms with van der Waals surface area (Å²) in [6.45, 7) is 3.10. The second-order valence-electron chi connectivity index (χ2n) is 4.66. The zero-order chi connectivity index (χ0) is 13.2. The third kappa shape index (κ3) is 2.89. The van der Waals surface area contributed by atoms with Gasteiger partial charge in [-0.05, 0) is 41.9 Å². The van der Waals surface area contributed by atoms with Crippen LogP contribution < -0.4 is 5.32 Å². The van der Waals surface area contributed by atoms with Crippen LogP contribution in [0.2, 0.25) is 0 Å². The number of anilines is 1. The van der Waals surface area contributed by atoms with Crippen LogP contribution in [0, 0.1) is 3.57 Å². The lowest BCUT2D eigenvalue weighted by Crippen LogP contribution is -2.08. The first-order chi connectivity index (χ1) is 9.29. The molecule has 1 aliphatic carbocycles. The molecule has 2 heterocycles. The first-order valence-corrected chi connectivity index (χ1v) is 8.45. The molecule has 6 heteroatoms. The van der Waals surface area contributed by atoms with Gasteiger partial charge in [0.2, 0.25) is 0 Å². The first-order valence-electron chi connectivity index (χ1n) is 6.49. The molecule has 1 N–H and O–H groups in total. The molecule has 0 atom stereocenters. The summed E-state index contributed by atoms with van der Waals surface area (Å²) < 4.78 is 1.18. The molecule has 0 amide bonds. The Balaban J connectivity index is 2.02. The van der Waals surface area contributed by atoms with Gasteiger partial charge in [0.1, 0.15) is 5.82 Å². The van der Waals surface area contributed by atoms with E-state index in [1.165, 1.54) is 22.1 Å². The predicted molar refractivity (Wildman–Crippen MR) is 86.6 cm³/mol. The molecule has 0 spiro atoms. The number of rotatable bonds is 5. The highest BCUT2D eigenvalue weighted by atomic mass is 127. The minimum atomic E-state index is 0.628. The van der Waals surface area contributed by atoms with E-state index in [1.807, 2.05) is 11.7 Å². The van der Waals surface area contributed by atoms with Crippen molar-refractivity contribution in [3.05, 3.63) is 21.0 Å². The number of halogens is 1. The van der Waals surface area contributed by atoms with Gasteiger partial charge in [0.25, 0.3) is 0 Å². The highest BCUT2D eigenvalue weighted by Crippen LogP contribution is 2.43. The second kappa shape index (κ2) is 5.70. The molecule has 0 radical (unpaired) electrons. The lowest BCUT2D eigenvalue weighted by molar-refractivity contribution is 0.940. The van der Waals surface area contributed by atoms with Crippen molar-refractivity contribution in [2.24, 2.45) is 0 Å². The van der Waals surface area contributed by atoms with Gasteiger partial charge in [-0.2, -0.15) is 0 Å². The summed E-state index contributed by atoms with van der Waals surface area (Å²) >= 11 is 3.96. The van der Waals surface area contributed by atoms with Crippen molar-refractivity contribution < 1.29 is 0 Å². The summed E-state index contributed by atoms with van der Waals surface area (Å²) in [5.41, 5.74) is 3.03. The van der Waals surface area contributed by atoms with Crippen molar-refractivity contribution in [1.82, 2.24) is 15.0 Å². The van der Waals surface area contributed by atoms with Crippen LogP contribution in [0.4, 0.5) is 5.82 Å². The zero-order valence-corrected chi connectivity index (χ0v) is 13.7.